The van der Waals surface area contributed by atoms with Crippen molar-refractivity contribution < 1.29 is 18.8 Å². The smallest absolute Gasteiger partial charge is 0.227 e. The number of aryl methyl sites for hydroxylation is 1. The molecule has 1 heterocycles. The first-order valence-corrected chi connectivity index (χ1v) is 10.5. The minimum atomic E-state index is -0.0598. The zero-order chi connectivity index (χ0) is 22.3. The number of aromatic nitrogens is 2. The highest BCUT2D eigenvalue weighted by Gasteiger charge is 2.13. The van der Waals surface area contributed by atoms with Crippen LogP contribution in [0.1, 0.15) is 17.9 Å². The molecule has 0 aliphatic carbocycles. The van der Waals surface area contributed by atoms with E-state index in [-0.39, 0.29) is 12.3 Å². The van der Waals surface area contributed by atoms with Crippen LogP contribution >= 0.6 is 0 Å². The molecule has 1 amide bonds. The Morgan fingerprint density at radius 2 is 1.78 bits per heavy atom. The van der Waals surface area contributed by atoms with E-state index >= 15 is 0 Å². The van der Waals surface area contributed by atoms with Crippen LogP contribution in [0.4, 0.5) is 0 Å². The lowest BCUT2D eigenvalue weighted by atomic mass is 10.0. The summed E-state index contributed by atoms with van der Waals surface area (Å²) < 4.78 is 15.9. The van der Waals surface area contributed by atoms with Gasteiger partial charge in [0.15, 0.2) is 11.5 Å². The van der Waals surface area contributed by atoms with E-state index in [1.807, 2.05) is 60.7 Å². The van der Waals surface area contributed by atoms with Crippen molar-refractivity contribution >= 4 is 16.7 Å². The van der Waals surface area contributed by atoms with E-state index in [1.54, 1.807) is 14.2 Å². The maximum absolute atomic E-state index is 12.2. The van der Waals surface area contributed by atoms with Gasteiger partial charge in [-0.2, -0.15) is 4.98 Å². The monoisotopic (exact) mass is 431 g/mol. The van der Waals surface area contributed by atoms with Gasteiger partial charge in [0.2, 0.25) is 17.6 Å². The molecular formula is C25H25N3O4. The fourth-order valence-corrected chi connectivity index (χ4v) is 3.58. The number of carbonyl (C=O) groups is 1. The van der Waals surface area contributed by atoms with Crippen molar-refractivity contribution in [3.63, 3.8) is 0 Å². The molecule has 0 saturated carbocycles. The van der Waals surface area contributed by atoms with E-state index in [2.05, 4.69) is 15.5 Å². The summed E-state index contributed by atoms with van der Waals surface area (Å²) in [6.07, 6.45) is 1.36. The molecule has 4 rings (SSSR count). The Morgan fingerprint density at radius 1 is 0.969 bits per heavy atom. The lowest BCUT2D eigenvalue weighted by molar-refractivity contribution is -0.121. The molecule has 7 nitrogen and oxygen atoms in total. The molecule has 0 radical (unpaired) electrons. The van der Waals surface area contributed by atoms with Crippen LogP contribution < -0.4 is 14.8 Å². The van der Waals surface area contributed by atoms with Gasteiger partial charge in [0.05, 0.1) is 14.2 Å². The summed E-state index contributed by atoms with van der Waals surface area (Å²) >= 11 is 0. The number of hydrogen-bond acceptors (Lipinski definition) is 6. The highest BCUT2D eigenvalue weighted by Crippen LogP contribution is 2.28. The largest absolute Gasteiger partial charge is 0.493 e. The van der Waals surface area contributed by atoms with Crippen molar-refractivity contribution in [1.82, 2.24) is 15.5 Å². The van der Waals surface area contributed by atoms with Crippen LogP contribution in [0.25, 0.3) is 22.2 Å². The van der Waals surface area contributed by atoms with E-state index < -0.39 is 0 Å². The average Bonchev–Trinajstić information content (AvgIpc) is 3.31. The van der Waals surface area contributed by atoms with Gasteiger partial charge in [0.1, 0.15) is 0 Å². The van der Waals surface area contributed by atoms with Crippen molar-refractivity contribution in [3.8, 4) is 22.9 Å². The van der Waals surface area contributed by atoms with Gasteiger partial charge in [-0.1, -0.05) is 53.7 Å². The van der Waals surface area contributed by atoms with Gasteiger partial charge in [0.25, 0.3) is 0 Å². The average molecular weight is 431 g/mol. The topological polar surface area (TPSA) is 86.5 Å². The Labute approximate surface area is 186 Å². The minimum Gasteiger partial charge on any atom is -0.493 e. The van der Waals surface area contributed by atoms with Crippen molar-refractivity contribution in [2.45, 2.75) is 19.3 Å². The lowest BCUT2D eigenvalue weighted by Crippen LogP contribution is -2.25. The van der Waals surface area contributed by atoms with Crippen LogP contribution in [-0.4, -0.2) is 36.8 Å². The molecule has 4 aromatic rings. The van der Waals surface area contributed by atoms with Crippen LogP contribution in [0.2, 0.25) is 0 Å². The Morgan fingerprint density at radius 3 is 2.62 bits per heavy atom. The number of nitrogens with one attached hydrogen (secondary N) is 1. The van der Waals surface area contributed by atoms with Gasteiger partial charge >= 0.3 is 0 Å². The standard InChI is InChI=1S/C25H25N3O4/c1-30-21-11-10-17(16-22(21)31-2)14-15-26-23(29)12-13-24-27-25(28-32-24)20-9-5-7-18-6-3-4-8-19(18)20/h3-11,16H,12-15H2,1-2H3,(H,26,29). The number of amides is 1. The predicted molar refractivity (Wildman–Crippen MR) is 122 cm³/mol. The molecular weight excluding hydrogens is 406 g/mol. The van der Waals surface area contributed by atoms with Gasteiger partial charge in [-0.15, -0.1) is 0 Å². The maximum Gasteiger partial charge on any atom is 0.227 e. The molecule has 0 aliphatic rings. The van der Waals surface area contributed by atoms with Crippen LogP contribution in [-0.2, 0) is 17.6 Å². The second-order valence-electron chi connectivity index (χ2n) is 7.33. The Hall–Kier alpha value is -3.87. The normalized spacial score (nSPS) is 10.8. The molecule has 0 saturated heterocycles. The number of methoxy groups -OCH3 is 2. The number of rotatable bonds is 9. The third-order valence-electron chi connectivity index (χ3n) is 5.25. The predicted octanol–water partition coefficient (Wildman–Crippen LogP) is 4.20. The van der Waals surface area contributed by atoms with Crippen LogP contribution in [0.15, 0.2) is 65.2 Å². The molecule has 1 N–H and O–H groups in total. The SMILES string of the molecule is COc1ccc(CCNC(=O)CCc2nc(-c3cccc4ccccc34)no2)cc1OC. The molecule has 0 unspecified atom stereocenters. The second kappa shape index (κ2) is 9.96. The van der Waals surface area contributed by atoms with Gasteiger partial charge in [-0.3, -0.25) is 4.79 Å². The molecule has 1 aromatic heterocycles. The van der Waals surface area contributed by atoms with Crippen molar-refractivity contribution in [3.05, 3.63) is 72.1 Å². The molecule has 164 valence electrons. The first-order chi connectivity index (χ1) is 15.7. The van der Waals surface area contributed by atoms with Gasteiger partial charge in [-0.25, -0.2) is 0 Å². The molecule has 0 bridgehead atoms. The molecule has 3 aromatic carbocycles. The molecule has 0 fully saturated rings. The summed E-state index contributed by atoms with van der Waals surface area (Å²) in [4.78, 5) is 16.7. The quantitative estimate of drug-likeness (QED) is 0.427. The van der Waals surface area contributed by atoms with Crippen molar-refractivity contribution in [2.75, 3.05) is 20.8 Å². The second-order valence-corrected chi connectivity index (χ2v) is 7.33. The number of hydrogen-bond donors (Lipinski definition) is 1. The first kappa shape index (κ1) is 21.4. The van der Waals surface area contributed by atoms with Gasteiger partial charge < -0.3 is 19.3 Å². The number of nitrogens with zero attached hydrogens (tertiary/aromatic N) is 2. The third kappa shape index (κ3) is 4.88. The molecule has 0 atom stereocenters. The minimum absolute atomic E-state index is 0.0598. The van der Waals surface area contributed by atoms with E-state index in [9.17, 15) is 4.79 Å². The van der Waals surface area contributed by atoms with Gasteiger partial charge in [-0.05, 0) is 34.9 Å². The van der Waals surface area contributed by atoms with Gasteiger partial charge in [0, 0.05) is 24.9 Å². The zero-order valence-electron chi connectivity index (χ0n) is 18.1. The Bertz CT molecular complexity index is 1210. The summed E-state index contributed by atoms with van der Waals surface area (Å²) in [6.45, 7) is 0.527. The number of carbonyl (C=O) groups excluding carboxylic acids is 1. The summed E-state index contributed by atoms with van der Waals surface area (Å²) in [5.41, 5.74) is 1.97. The van der Waals surface area contributed by atoms with Crippen LogP contribution in [0, 0.1) is 0 Å². The fourth-order valence-electron chi connectivity index (χ4n) is 3.58. The number of benzene rings is 3. The number of ether oxygens (including phenoxy) is 2. The highest BCUT2D eigenvalue weighted by molar-refractivity contribution is 5.94. The Balaban J connectivity index is 1.29. The first-order valence-electron chi connectivity index (χ1n) is 10.5. The van der Waals surface area contributed by atoms with Crippen molar-refractivity contribution in [2.24, 2.45) is 0 Å². The maximum atomic E-state index is 12.2. The van der Waals surface area contributed by atoms with E-state index in [4.69, 9.17) is 14.0 Å². The third-order valence-corrected chi connectivity index (χ3v) is 5.25. The van der Waals surface area contributed by atoms with E-state index in [0.717, 1.165) is 21.9 Å². The lowest BCUT2D eigenvalue weighted by Gasteiger charge is -2.10. The summed E-state index contributed by atoms with van der Waals surface area (Å²) in [6, 6.07) is 19.8. The fraction of sp³-hybridized carbons (Fsp3) is 0.240. The molecule has 0 aliphatic heterocycles. The molecule has 32 heavy (non-hydrogen) atoms. The van der Waals surface area contributed by atoms with E-state index in [1.165, 1.54) is 0 Å². The van der Waals surface area contributed by atoms with Crippen molar-refractivity contribution in [1.29, 1.82) is 0 Å². The molecule has 0 spiro atoms. The van der Waals surface area contributed by atoms with Crippen LogP contribution in [0.5, 0.6) is 11.5 Å². The highest BCUT2D eigenvalue weighted by atomic mass is 16.5. The molecule has 7 heteroatoms. The summed E-state index contributed by atoms with van der Waals surface area (Å²) in [7, 11) is 3.21. The summed E-state index contributed by atoms with van der Waals surface area (Å²) in [5, 5.41) is 9.22. The zero-order valence-corrected chi connectivity index (χ0v) is 18.1. The van der Waals surface area contributed by atoms with Crippen LogP contribution in [0.3, 0.4) is 0 Å². The van der Waals surface area contributed by atoms with E-state index in [0.29, 0.717) is 42.6 Å². The summed E-state index contributed by atoms with van der Waals surface area (Å²) in [5.74, 6) is 2.28. The number of fused-ring (bicyclic) bond motifs is 1. The Kier molecular flexibility index (Phi) is 6.65.